The van der Waals surface area contributed by atoms with Gasteiger partial charge in [0.25, 0.3) is 0 Å². The summed E-state index contributed by atoms with van der Waals surface area (Å²) in [5.41, 5.74) is 5.92. The normalized spacial score (nSPS) is 16.9. The Morgan fingerprint density at radius 3 is 2.67 bits per heavy atom. The van der Waals surface area contributed by atoms with E-state index in [4.69, 9.17) is 10.5 Å². The summed E-state index contributed by atoms with van der Waals surface area (Å²) in [5.74, 6) is 0.351. The van der Waals surface area contributed by atoms with Crippen LogP contribution in [0.1, 0.15) is 31.2 Å². The van der Waals surface area contributed by atoms with Gasteiger partial charge in [-0.15, -0.1) is 0 Å². The number of hydrogen-bond donors (Lipinski definition) is 1. The van der Waals surface area contributed by atoms with Gasteiger partial charge >= 0.3 is 0 Å². The lowest BCUT2D eigenvalue weighted by atomic mass is 10.2. The van der Waals surface area contributed by atoms with Crippen molar-refractivity contribution in [1.29, 1.82) is 0 Å². The van der Waals surface area contributed by atoms with Crippen molar-refractivity contribution in [3.63, 3.8) is 0 Å². The van der Waals surface area contributed by atoms with Crippen molar-refractivity contribution in [2.75, 3.05) is 0 Å². The second-order valence-electron chi connectivity index (χ2n) is 3.98. The van der Waals surface area contributed by atoms with Crippen molar-refractivity contribution in [3.8, 4) is 5.75 Å². The van der Waals surface area contributed by atoms with Crippen LogP contribution in [0.15, 0.2) is 18.2 Å². The first-order chi connectivity index (χ1) is 7.29. The molecule has 1 aromatic carbocycles. The third kappa shape index (κ3) is 2.48. The van der Waals surface area contributed by atoms with Gasteiger partial charge in [0, 0.05) is 18.2 Å². The van der Waals surface area contributed by atoms with Crippen LogP contribution in [0.4, 0.5) is 4.39 Å². The highest BCUT2D eigenvalue weighted by Gasteiger charge is 2.16. The number of benzene rings is 1. The van der Waals surface area contributed by atoms with Gasteiger partial charge in [0.2, 0.25) is 0 Å². The molecular weight excluding hydrogens is 193 g/mol. The quantitative estimate of drug-likeness (QED) is 0.830. The van der Waals surface area contributed by atoms with E-state index in [9.17, 15) is 4.39 Å². The van der Waals surface area contributed by atoms with Gasteiger partial charge < -0.3 is 10.5 Å². The molecule has 1 saturated carbocycles. The summed E-state index contributed by atoms with van der Waals surface area (Å²) in [7, 11) is 0. The Balaban J connectivity index is 2.05. The van der Waals surface area contributed by atoms with Crippen LogP contribution >= 0.6 is 0 Å². The summed E-state index contributed by atoms with van der Waals surface area (Å²) in [6, 6.07) is 4.92. The number of halogens is 1. The van der Waals surface area contributed by atoms with Crippen LogP contribution in [-0.4, -0.2) is 6.10 Å². The summed E-state index contributed by atoms with van der Waals surface area (Å²) in [6.07, 6.45) is 4.87. The third-order valence-electron chi connectivity index (χ3n) is 2.85. The average Bonchev–Trinajstić information content (AvgIpc) is 2.71. The van der Waals surface area contributed by atoms with Crippen LogP contribution in [0.2, 0.25) is 0 Å². The Labute approximate surface area is 89.2 Å². The fraction of sp³-hybridized carbons (Fsp3) is 0.500. The van der Waals surface area contributed by atoms with E-state index >= 15 is 0 Å². The Morgan fingerprint density at radius 1 is 1.33 bits per heavy atom. The predicted molar refractivity (Wildman–Crippen MR) is 57.2 cm³/mol. The number of rotatable bonds is 3. The topological polar surface area (TPSA) is 35.2 Å². The fourth-order valence-electron chi connectivity index (χ4n) is 1.97. The van der Waals surface area contributed by atoms with Crippen molar-refractivity contribution < 1.29 is 9.13 Å². The van der Waals surface area contributed by atoms with Crippen LogP contribution in [0, 0.1) is 5.82 Å². The molecule has 0 radical (unpaired) electrons. The van der Waals surface area contributed by atoms with Crippen molar-refractivity contribution in [2.45, 2.75) is 38.3 Å². The molecule has 1 aliphatic carbocycles. The lowest BCUT2D eigenvalue weighted by Crippen LogP contribution is -2.11. The first-order valence-corrected chi connectivity index (χ1v) is 5.45. The van der Waals surface area contributed by atoms with Gasteiger partial charge in [-0.2, -0.15) is 0 Å². The monoisotopic (exact) mass is 209 g/mol. The van der Waals surface area contributed by atoms with E-state index in [2.05, 4.69) is 0 Å². The molecule has 0 unspecified atom stereocenters. The Morgan fingerprint density at radius 2 is 2.07 bits per heavy atom. The van der Waals surface area contributed by atoms with Gasteiger partial charge in [-0.1, -0.05) is 6.07 Å². The first kappa shape index (κ1) is 10.4. The van der Waals surface area contributed by atoms with E-state index < -0.39 is 0 Å². The van der Waals surface area contributed by atoms with Gasteiger partial charge in [0.05, 0.1) is 6.10 Å². The molecular formula is C12H16FNO. The number of nitrogens with two attached hydrogens (primary N) is 1. The summed E-state index contributed by atoms with van der Waals surface area (Å²) in [6.45, 7) is 0.232. The van der Waals surface area contributed by atoms with Gasteiger partial charge in [0.15, 0.2) is 0 Å². The maximum Gasteiger partial charge on any atom is 0.131 e. The molecule has 15 heavy (non-hydrogen) atoms. The molecule has 1 fully saturated rings. The molecule has 0 atom stereocenters. The average molecular weight is 209 g/mol. The molecule has 0 aromatic heterocycles. The number of ether oxygens (including phenoxy) is 1. The minimum Gasteiger partial charge on any atom is -0.490 e. The van der Waals surface area contributed by atoms with Crippen molar-refractivity contribution >= 4 is 0 Å². The van der Waals surface area contributed by atoms with E-state index in [1.165, 1.54) is 18.9 Å². The third-order valence-corrected chi connectivity index (χ3v) is 2.85. The molecule has 0 heterocycles. The first-order valence-electron chi connectivity index (χ1n) is 5.45. The highest BCUT2D eigenvalue weighted by molar-refractivity contribution is 5.29. The second-order valence-corrected chi connectivity index (χ2v) is 3.98. The van der Waals surface area contributed by atoms with Crippen LogP contribution < -0.4 is 10.5 Å². The molecule has 0 saturated heterocycles. The molecule has 0 amide bonds. The van der Waals surface area contributed by atoms with E-state index in [0.29, 0.717) is 11.3 Å². The zero-order valence-corrected chi connectivity index (χ0v) is 8.71. The van der Waals surface area contributed by atoms with Crippen LogP contribution in [0.5, 0.6) is 5.75 Å². The van der Waals surface area contributed by atoms with E-state index in [0.717, 1.165) is 12.8 Å². The highest BCUT2D eigenvalue weighted by atomic mass is 19.1. The summed E-state index contributed by atoms with van der Waals surface area (Å²) in [5, 5.41) is 0. The van der Waals surface area contributed by atoms with E-state index in [1.54, 1.807) is 12.1 Å². The zero-order chi connectivity index (χ0) is 10.7. The molecule has 2 nitrogen and oxygen atoms in total. The van der Waals surface area contributed by atoms with E-state index in [-0.39, 0.29) is 18.5 Å². The molecule has 0 spiro atoms. The van der Waals surface area contributed by atoms with Crippen LogP contribution in [0.3, 0.4) is 0 Å². The number of hydrogen-bond acceptors (Lipinski definition) is 2. The zero-order valence-electron chi connectivity index (χ0n) is 8.71. The predicted octanol–water partition coefficient (Wildman–Crippen LogP) is 2.61. The summed E-state index contributed by atoms with van der Waals surface area (Å²) >= 11 is 0. The molecule has 2 N–H and O–H groups in total. The lowest BCUT2D eigenvalue weighted by Gasteiger charge is -2.13. The second kappa shape index (κ2) is 4.62. The summed E-state index contributed by atoms with van der Waals surface area (Å²) in [4.78, 5) is 0. The van der Waals surface area contributed by atoms with Crippen molar-refractivity contribution in [2.24, 2.45) is 5.73 Å². The van der Waals surface area contributed by atoms with Gasteiger partial charge in [-0.05, 0) is 31.7 Å². The lowest BCUT2D eigenvalue weighted by molar-refractivity contribution is 0.209. The Hall–Kier alpha value is -1.09. The van der Waals surface area contributed by atoms with Gasteiger partial charge in [-0.25, -0.2) is 4.39 Å². The molecule has 1 aromatic rings. The highest BCUT2D eigenvalue weighted by Crippen LogP contribution is 2.25. The van der Waals surface area contributed by atoms with Crippen LogP contribution in [-0.2, 0) is 6.54 Å². The smallest absolute Gasteiger partial charge is 0.131 e. The van der Waals surface area contributed by atoms with Crippen LogP contribution in [0.25, 0.3) is 0 Å². The summed E-state index contributed by atoms with van der Waals surface area (Å²) < 4.78 is 19.0. The van der Waals surface area contributed by atoms with Gasteiger partial charge in [-0.3, -0.25) is 0 Å². The maximum absolute atomic E-state index is 13.4. The van der Waals surface area contributed by atoms with E-state index in [1.807, 2.05) is 0 Å². The molecule has 2 rings (SSSR count). The standard InChI is InChI=1S/C12H16FNO/c13-12-7-11(6-5-9(12)8-14)15-10-3-1-2-4-10/h5-7,10H,1-4,8,14H2. The largest absolute Gasteiger partial charge is 0.490 e. The molecule has 82 valence electrons. The fourth-order valence-corrected chi connectivity index (χ4v) is 1.97. The molecule has 3 heteroatoms. The van der Waals surface area contributed by atoms with Gasteiger partial charge in [0.1, 0.15) is 11.6 Å². The minimum absolute atomic E-state index is 0.232. The SMILES string of the molecule is NCc1ccc(OC2CCCC2)cc1F. The molecule has 1 aliphatic rings. The molecule has 0 aliphatic heterocycles. The Bertz CT molecular complexity index is 334. The van der Waals surface area contributed by atoms with Crippen molar-refractivity contribution in [3.05, 3.63) is 29.6 Å². The molecule has 0 bridgehead atoms. The maximum atomic E-state index is 13.4. The Kier molecular flexibility index (Phi) is 3.21. The van der Waals surface area contributed by atoms with Crippen molar-refractivity contribution in [1.82, 2.24) is 0 Å². The minimum atomic E-state index is -0.270.